The molecule has 88 valence electrons. The van der Waals surface area contributed by atoms with E-state index in [0.717, 1.165) is 23.3 Å². The van der Waals surface area contributed by atoms with E-state index in [9.17, 15) is 0 Å². The Bertz CT molecular complexity index is 369. The maximum atomic E-state index is 5.92. The van der Waals surface area contributed by atoms with E-state index in [2.05, 4.69) is 26.5 Å². The van der Waals surface area contributed by atoms with Crippen LogP contribution in [0, 0.1) is 6.92 Å². The number of hydrogen-bond donors (Lipinski definition) is 1. The van der Waals surface area contributed by atoms with E-state index in [1.54, 1.807) is 0 Å². The number of nitrogens with two attached hydrogens (primary N) is 1. The summed E-state index contributed by atoms with van der Waals surface area (Å²) in [5, 5.41) is 0. The summed E-state index contributed by atoms with van der Waals surface area (Å²) in [6, 6.07) is 6.09. The molecule has 0 radical (unpaired) electrons. The largest absolute Gasteiger partial charge is 0.489 e. The molecule has 2 N–H and O–H groups in total. The van der Waals surface area contributed by atoms with Crippen LogP contribution < -0.4 is 10.5 Å². The zero-order chi connectivity index (χ0) is 12.1. The number of rotatable bonds is 5. The van der Waals surface area contributed by atoms with Gasteiger partial charge in [-0.15, -0.1) is 0 Å². The van der Waals surface area contributed by atoms with Crippen molar-refractivity contribution in [3.63, 3.8) is 0 Å². The lowest BCUT2D eigenvalue weighted by molar-refractivity contribution is 0.343. The summed E-state index contributed by atoms with van der Waals surface area (Å²) in [6.07, 6.45) is 0.944. The van der Waals surface area contributed by atoms with Crippen LogP contribution in [0.15, 0.2) is 30.4 Å². The van der Waals surface area contributed by atoms with Gasteiger partial charge in [-0.2, -0.15) is 0 Å². The van der Waals surface area contributed by atoms with Crippen LogP contribution in [-0.4, -0.2) is 6.61 Å². The minimum atomic E-state index is -0.00945. The van der Waals surface area contributed by atoms with Gasteiger partial charge in [-0.05, 0) is 31.9 Å². The smallest absolute Gasteiger partial charge is 0.124 e. The number of aryl methyl sites for hydroxylation is 1. The average molecular weight is 219 g/mol. The summed E-state index contributed by atoms with van der Waals surface area (Å²) in [4.78, 5) is 0. The topological polar surface area (TPSA) is 35.2 Å². The van der Waals surface area contributed by atoms with Crippen LogP contribution >= 0.6 is 0 Å². The molecule has 0 aromatic heterocycles. The van der Waals surface area contributed by atoms with E-state index in [-0.39, 0.29) is 6.04 Å². The van der Waals surface area contributed by atoms with Gasteiger partial charge in [0.25, 0.3) is 0 Å². The molecule has 0 fully saturated rings. The summed E-state index contributed by atoms with van der Waals surface area (Å²) in [7, 11) is 0. The molecule has 0 heterocycles. The highest BCUT2D eigenvalue weighted by molar-refractivity contribution is 5.38. The van der Waals surface area contributed by atoms with E-state index in [0.29, 0.717) is 6.61 Å². The maximum Gasteiger partial charge on any atom is 0.124 e. The van der Waals surface area contributed by atoms with Gasteiger partial charge in [0, 0.05) is 11.6 Å². The van der Waals surface area contributed by atoms with Crippen molar-refractivity contribution in [2.45, 2.75) is 33.2 Å². The highest BCUT2D eigenvalue weighted by atomic mass is 16.5. The minimum absolute atomic E-state index is 0.00945. The van der Waals surface area contributed by atoms with Gasteiger partial charge in [0.1, 0.15) is 12.4 Å². The van der Waals surface area contributed by atoms with E-state index < -0.39 is 0 Å². The molecule has 0 saturated carbocycles. The van der Waals surface area contributed by atoms with Crippen LogP contribution in [0.3, 0.4) is 0 Å². The molecule has 2 nitrogen and oxygen atoms in total. The first-order valence-corrected chi connectivity index (χ1v) is 5.70. The first-order valence-electron chi connectivity index (χ1n) is 5.70. The fourth-order valence-electron chi connectivity index (χ4n) is 1.44. The van der Waals surface area contributed by atoms with Crippen molar-refractivity contribution in [1.29, 1.82) is 0 Å². The van der Waals surface area contributed by atoms with Gasteiger partial charge >= 0.3 is 0 Å². The summed E-state index contributed by atoms with van der Waals surface area (Å²) >= 11 is 0. The van der Waals surface area contributed by atoms with Crippen molar-refractivity contribution in [2.75, 3.05) is 6.61 Å². The van der Waals surface area contributed by atoms with Gasteiger partial charge < -0.3 is 10.5 Å². The Balaban J connectivity index is 2.82. The molecule has 0 aliphatic rings. The van der Waals surface area contributed by atoms with Gasteiger partial charge in [0.05, 0.1) is 0 Å². The average Bonchev–Trinajstić information content (AvgIpc) is 2.26. The van der Waals surface area contributed by atoms with Crippen LogP contribution in [-0.2, 0) is 0 Å². The Morgan fingerprint density at radius 1 is 1.50 bits per heavy atom. The molecule has 2 heteroatoms. The summed E-state index contributed by atoms with van der Waals surface area (Å²) in [6.45, 7) is 10.6. The third-order valence-electron chi connectivity index (χ3n) is 2.59. The fourth-order valence-corrected chi connectivity index (χ4v) is 1.44. The molecule has 1 rings (SSSR count). The molecule has 0 amide bonds. The van der Waals surface area contributed by atoms with Crippen molar-refractivity contribution >= 4 is 0 Å². The molecule has 16 heavy (non-hydrogen) atoms. The summed E-state index contributed by atoms with van der Waals surface area (Å²) in [5.41, 5.74) is 9.28. The van der Waals surface area contributed by atoms with Crippen molar-refractivity contribution in [1.82, 2.24) is 0 Å². The van der Waals surface area contributed by atoms with Gasteiger partial charge in [0.15, 0.2) is 0 Å². The number of benzene rings is 1. The lowest BCUT2D eigenvalue weighted by atomic mass is 10.1. The first kappa shape index (κ1) is 12.8. The minimum Gasteiger partial charge on any atom is -0.489 e. The molecular weight excluding hydrogens is 198 g/mol. The molecule has 0 aliphatic heterocycles. The highest BCUT2D eigenvalue weighted by Crippen LogP contribution is 2.25. The monoisotopic (exact) mass is 219 g/mol. The first-order chi connectivity index (χ1) is 7.54. The van der Waals surface area contributed by atoms with Gasteiger partial charge in [-0.1, -0.05) is 31.2 Å². The quantitative estimate of drug-likeness (QED) is 0.771. The zero-order valence-electron chi connectivity index (χ0n) is 10.4. The molecule has 0 bridgehead atoms. The van der Waals surface area contributed by atoms with Gasteiger partial charge in [0.2, 0.25) is 0 Å². The van der Waals surface area contributed by atoms with Crippen molar-refractivity contribution < 1.29 is 4.74 Å². The van der Waals surface area contributed by atoms with E-state index >= 15 is 0 Å². The third-order valence-corrected chi connectivity index (χ3v) is 2.59. The van der Waals surface area contributed by atoms with Gasteiger partial charge in [-0.3, -0.25) is 0 Å². The van der Waals surface area contributed by atoms with Crippen LogP contribution in [0.4, 0.5) is 0 Å². The molecule has 0 aliphatic carbocycles. The Labute approximate surface area is 98.1 Å². The summed E-state index contributed by atoms with van der Waals surface area (Å²) < 4.78 is 5.73. The van der Waals surface area contributed by atoms with Crippen molar-refractivity contribution in [3.05, 3.63) is 41.5 Å². The third kappa shape index (κ3) is 3.38. The summed E-state index contributed by atoms with van der Waals surface area (Å²) in [5.74, 6) is 0.871. The molecule has 1 atom stereocenters. The van der Waals surface area contributed by atoms with E-state index in [4.69, 9.17) is 10.5 Å². The van der Waals surface area contributed by atoms with Gasteiger partial charge in [-0.25, -0.2) is 0 Å². The predicted octanol–water partition coefficient (Wildman–Crippen LogP) is 3.36. The molecular formula is C14H21NO. The normalized spacial score (nSPS) is 12.2. The lowest BCUT2D eigenvalue weighted by Crippen LogP contribution is -2.09. The van der Waals surface area contributed by atoms with Crippen LogP contribution in [0.25, 0.3) is 0 Å². The molecule has 1 aromatic rings. The van der Waals surface area contributed by atoms with E-state index in [1.807, 2.05) is 19.1 Å². The number of ether oxygens (including phenoxy) is 1. The van der Waals surface area contributed by atoms with Crippen LogP contribution in [0.5, 0.6) is 5.75 Å². The highest BCUT2D eigenvalue weighted by Gasteiger charge is 2.08. The Kier molecular flexibility index (Phi) is 4.56. The second-order valence-electron chi connectivity index (χ2n) is 4.22. The maximum absolute atomic E-state index is 5.92. The number of hydrogen-bond acceptors (Lipinski definition) is 2. The predicted molar refractivity (Wildman–Crippen MR) is 68.7 cm³/mol. The standard InChI is InChI=1S/C14H21NO/c1-5-10(2)9-16-14-7-6-11(3)8-13(14)12(4)15/h6-8,12H,2,5,9,15H2,1,3-4H3/t12-/m1/s1. The van der Waals surface area contributed by atoms with Crippen LogP contribution in [0.1, 0.15) is 37.4 Å². The second kappa shape index (κ2) is 5.71. The molecule has 0 spiro atoms. The van der Waals surface area contributed by atoms with E-state index in [1.165, 1.54) is 5.56 Å². The molecule has 1 aromatic carbocycles. The second-order valence-corrected chi connectivity index (χ2v) is 4.22. The van der Waals surface area contributed by atoms with Crippen molar-refractivity contribution in [2.24, 2.45) is 5.73 Å². The fraction of sp³-hybridized carbons (Fsp3) is 0.429. The Morgan fingerprint density at radius 3 is 2.75 bits per heavy atom. The Morgan fingerprint density at radius 2 is 2.19 bits per heavy atom. The van der Waals surface area contributed by atoms with Crippen molar-refractivity contribution in [3.8, 4) is 5.75 Å². The molecule has 0 saturated heterocycles. The lowest BCUT2D eigenvalue weighted by Gasteiger charge is -2.15. The SMILES string of the molecule is C=C(CC)COc1ccc(C)cc1[C@@H](C)N. The Hall–Kier alpha value is -1.28. The zero-order valence-corrected chi connectivity index (χ0v) is 10.4. The molecule has 0 unspecified atom stereocenters. The van der Waals surface area contributed by atoms with Crippen LogP contribution in [0.2, 0.25) is 0 Å².